The van der Waals surface area contributed by atoms with Crippen molar-refractivity contribution < 1.29 is 5.11 Å². The highest BCUT2D eigenvalue weighted by atomic mass is 32.1. The Morgan fingerprint density at radius 2 is 2.00 bits per heavy atom. The van der Waals surface area contributed by atoms with Crippen LogP contribution in [0.5, 0.6) is 0 Å². The van der Waals surface area contributed by atoms with E-state index in [1.54, 1.807) is 11.3 Å². The molecule has 0 spiro atoms. The highest BCUT2D eigenvalue weighted by Crippen LogP contribution is 2.38. The minimum absolute atomic E-state index is 0.156. The summed E-state index contributed by atoms with van der Waals surface area (Å²) < 4.78 is 3.18. The molecule has 3 aromatic heterocycles. The SMILES string of the molecule is Cn1c(CCCO)nc2c(N)nc3cc(-c4ccccc4)sc3c21. The third kappa shape index (κ3) is 2.35. The lowest BCUT2D eigenvalue weighted by molar-refractivity contribution is 0.287. The second-order valence-corrected chi connectivity index (χ2v) is 6.85. The van der Waals surface area contributed by atoms with Gasteiger partial charge in [0.15, 0.2) is 5.82 Å². The number of nitrogen functional groups attached to an aromatic ring is 1. The maximum absolute atomic E-state index is 9.08. The number of imidazole rings is 1. The number of nitrogens with zero attached hydrogens (tertiary/aromatic N) is 3. The molecule has 3 heterocycles. The maximum atomic E-state index is 9.08. The smallest absolute Gasteiger partial charge is 0.152 e. The molecule has 122 valence electrons. The predicted molar refractivity (Wildman–Crippen MR) is 99.1 cm³/mol. The van der Waals surface area contributed by atoms with Crippen LogP contribution < -0.4 is 5.73 Å². The Labute approximate surface area is 143 Å². The second kappa shape index (κ2) is 5.89. The molecule has 24 heavy (non-hydrogen) atoms. The zero-order chi connectivity index (χ0) is 16.7. The lowest BCUT2D eigenvalue weighted by Crippen LogP contribution is -1.99. The Morgan fingerprint density at radius 3 is 2.75 bits per heavy atom. The summed E-state index contributed by atoms with van der Waals surface area (Å²) >= 11 is 1.71. The van der Waals surface area contributed by atoms with E-state index >= 15 is 0 Å². The van der Waals surface area contributed by atoms with Crippen molar-refractivity contribution in [2.75, 3.05) is 12.3 Å². The van der Waals surface area contributed by atoms with Crippen LogP contribution in [0.3, 0.4) is 0 Å². The monoisotopic (exact) mass is 338 g/mol. The van der Waals surface area contributed by atoms with Crippen molar-refractivity contribution in [2.24, 2.45) is 7.05 Å². The molecule has 4 rings (SSSR count). The third-order valence-electron chi connectivity index (χ3n) is 4.22. The van der Waals surface area contributed by atoms with E-state index in [2.05, 4.69) is 32.7 Å². The molecule has 0 radical (unpaired) electrons. The van der Waals surface area contributed by atoms with Gasteiger partial charge < -0.3 is 15.4 Å². The van der Waals surface area contributed by atoms with Crippen molar-refractivity contribution in [2.45, 2.75) is 12.8 Å². The summed E-state index contributed by atoms with van der Waals surface area (Å²) in [6.45, 7) is 0.156. The first kappa shape index (κ1) is 15.1. The van der Waals surface area contributed by atoms with Crippen molar-refractivity contribution in [1.29, 1.82) is 0 Å². The van der Waals surface area contributed by atoms with E-state index in [0.717, 1.165) is 33.5 Å². The number of aromatic nitrogens is 3. The van der Waals surface area contributed by atoms with Crippen molar-refractivity contribution in [1.82, 2.24) is 14.5 Å². The Morgan fingerprint density at radius 1 is 1.21 bits per heavy atom. The molecule has 6 heteroatoms. The molecule has 0 fully saturated rings. The number of aryl methyl sites for hydroxylation is 2. The summed E-state index contributed by atoms with van der Waals surface area (Å²) in [5.74, 6) is 1.38. The minimum Gasteiger partial charge on any atom is -0.396 e. The van der Waals surface area contributed by atoms with Gasteiger partial charge in [-0.2, -0.15) is 0 Å². The summed E-state index contributed by atoms with van der Waals surface area (Å²) in [7, 11) is 2.00. The molecule has 0 saturated carbocycles. The molecule has 0 unspecified atom stereocenters. The number of pyridine rings is 1. The fourth-order valence-corrected chi connectivity index (χ4v) is 4.19. The Balaban J connectivity index is 1.96. The average Bonchev–Trinajstić information content (AvgIpc) is 3.16. The maximum Gasteiger partial charge on any atom is 0.152 e. The quantitative estimate of drug-likeness (QED) is 0.598. The highest BCUT2D eigenvalue weighted by molar-refractivity contribution is 7.23. The Kier molecular flexibility index (Phi) is 3.70. The van der Waals surface area contributed by atoms with Gasteiger partial charge in [-0.15, -0.1) is 11.3 Å². The van der Waals surface area contributed by atoms with Crippen LogP contribution in [-0.4, -0.2) is 26.2 Å². The molecule has 0 amide bonds. The van der Waals surface area contributed by atoms with E-state index in [9.17, 15) is 0 Å². The molecule has 5 nitrogen and oxygen atoms in total. The van der Waals surface area contributed by atoms with Crippen LogP contribution >= 0.6 is 11.3 Å². The molecule has 4 aromatic rings. The number of hydrogen-bond acceptors (Lipinski definition) is 5. The van der Waals surface area contributed by atoms with Gasteiger partial charge in [0.1, 0.15) is 11.3 Å². The van der Waals surface area contributed by atoms with Crippen LogP contribution in [0.25, 0.3) is 31.7 Å². The molecule has 0 aliphatic heterocycles. The van der Waals surface area contributed by atoms with Crippen LogP contribution in [0, 0.1) is 0 Å². The van der Waals surface area contributed by atoms with Crippen LogP contribution in [0.1, 0.15) is 12.2 Å². The lowest BCUT2D eigenvalue weighted by atomic mass is 10.2. The molecule has 0 atom stereocenters. The number of fused-ring (bicyclic) bond motifs is 3. The van der Waals surface area contributed by atoms with Crippen LogP contribution in [-0.2, 0) is 13.5 Å². The standard InChI is InChI=1S/C18H18N4OS/c1-22-14(8-5-9-23)21-15-16(22)17-12(20-18(15)19)10-13(24-17)11-6-3-2-4-7-11/h2-4,6-7,10,23H,5,8-9H2,1H3,(H2,19,20). The fourth-order valence-electron chi connectivity index (χ4n) is 3.01. The topological polar surface area (TPSA) is 77.0 Å². The van der Waals surface area contributed by atoms with Crippen LogP contribution in [0.4, 0.5) is 5.82 Å². The summed E-state index contributed by atoms with van der Waals surface area (Å²) in [6, 6.07) is 12.4. The molecule has 1 aromatic carbocycles. The number of benzene rings is 1. The Bertz CT molecular complexity index is 1020. The zero-order valence-corrected chi connectivity index (χ0v) is 14.2. The number of hydrogen-bond donors (Lipinski definition) is 2. The van der Waals surface area contributed by atoms with E-state index in [1.807, 2.05) is 25.2 Å². The van der Waals surface area contributed by atoms with Crippen molar-refractivity contribution in [3.8, 4) is 10.4 Å². The van der Waals surface area contributed by atoms with Gasteiger partial charge >= 0.3 is 0 Å². The normalized spacial score (nSPS) is 11.6. The Hall–Kier alpha value is -2.44. The molecular weight excluding hydrogens is 320 g/mol. The first-order chi connectivity index (χ1) is 11.7. The summed E-state index contributed by atoms with van der Waals surface area (Å²) in [4.78, 5) is 10.4. The number of anilines is 1. The van der Waals surface area contributed by atoms with Gasteiger partial charge in [0.05, 0.1) is 15.7 Å². The number of thiophene rings is 1. The second-order valence-electron chi connectivity index (χ2n) is 5.80. The van der Waals surface area contributed by atoms with Crippen molar-refractivity contribution >= 4 is 38.4 Å². The summed E-state index contributed by atoms with van der Waals surface area (Å²) in [5, 5.41) is 9.08. The van der Waals surface area contributed by atoms with Crippen molar-refractivity contribution in [3.05, 3.63) is 42.2 Å². The van der Waals surface area contributed by atoms with Crippen LogP contribution in [0.2, 0.25) is 0 Å². The largest absolute Gasteiger partial charge is 0.396 e. The van der Waals surface area contributed by atoms with Gasteiger partial charge in [0.25, 0.3) is 0 Å². The van der Waals surface area contributed by atoms with Crippen LogP contribution in [0.15, 0.2) is 36.4 Å². The van der Waals surface area contributed by atoms with Crippen molar-refractivity contribution in [3.63, 3.8) is 0 Å². The van der Waals surface area contributed by atoms with Gasteiger partial charge in [-0.3, -0.25) is 0 Å². The first-order valence-electron chi connectivity index (χ1n) is 7.89. The minimum atomic E-state index is 0.156. The summed E-state index contributed by atoms with van der Waals surface area (Å²) in [6.07, 6.45) is 1.41. The number of rotatable bonds is 4. The van der Waals surface area contributed by atoms with Gasteiger partial charge in [-0.05, 0) is 18.1 Å². The van der Waals surface area contributed by atoms with Gasteiger partial charge in [-0.25, -0.2) is 9.97 Å². The third-order valence-corrected chi connectivity index (χ3v) is 5.40. The van der Waals surface area contributed by atoms with Gasteiger partial charge in [0.2, 0.25) is 0 Å². The van der Waals surface area contributed by atoms with Gasteiger partial charge in [0, 0.05) is 25.0 Å². The van der Waals surface area contributed by atoms with E-state index in [1.165, 1.54) is 10.4 Å². The van der Waals surface area contributed by atoms with E-state index in [4.69, 9.17) is 10.8 Å². The molecule has 0 saturated heterocycles. The lowest BCUT2D eigenvalue weighted by Gasteiger charge is -2.02. The summed E-state index contributed by atoms with van der Waals surface area (Å²) in [5.41, 5.74) is 10.0. The zero-order valence-electron chi connectivity index (χ0n) is 13.4. The molecular formula is C18H18N4OS. The molecule has 0 bridgehead atoms. The van der Waals surface area contributed by atoms with E-state index < -0.39 is 0 Å². The van der Waals surface area contributed by atoms with Gasteiger partial charge in [-0.1, -0.05) is 30.3 Å². The number of aliphatic hydroxyl groups excluding tert-OH is 1. The fraction of sp³-hybridized carbons (Fsp3) is 0.222. The number of nitrogens with two attached hydrogens (primary N) is 1. The number of aliphatic hydroxyl groups is 1. The highest BCUT2D eigenvalue weighted by Gasteiger charge is 2.17. The predicted octanol–water partition coefficient (Wildman–Crippen LogP) is 3.36. The van der Waals surface area contributed by atoms with E-state index in [0.29, 0.717) is 12.2 Å². The molecule has 0 aliphatic rings. The average molecular weight is 338 g/mol. The first-order valence-corrected chi connectivity index (χ1v) is 8.71. The van der Waals surface area contributed by atoms with E-state index in [-0.39, 0.29) is 6.61 Å². The molecule has 0 aliphatic carbocycles. The molecule has 3 N–H and O–H groups in total.